The van der Waals surface area contributed by atoms with Crippen LogP contribution < -0.4 is 5.32 Å². The summed E-state index contributed by atoms with van der Waals surface area (Å²) in [7, 11) is 1.58. The normalized spacial score (nSPS) is 13.7. The van der Waals surface area contributed by atoms with Crippen molar-refractivity contribution in [3.05, 3.63) is 42.1 Å². The molecule has 2 aromatic rings. The van der Waals surface area contributed by atoms with E-state index in [0.29, 0.717) is 31.9 Å². The van der Waals surface area contributed by atoms with Crippen LogP contribution in [0.25, 0.3) is 11.3 Å². The van der Waals surface area contributed by atoms with Crippen LogP contribution in [0.1, 0.15) is 10.5 Å². The van der Waals surface area contributed by atoms with Gasteiger partial charge in [0.2, 0.25) is 5.91 Å². The summed E-state index contributed by atoms with van der Waals surface area (Å²) in [5.74, 6) is -0.352. The second-order valence-electron chi connectivity index (χ2n) is 5.57. The van der Waals surface area contributed by atoms with E-state index in [1.165, 1.54) is 0 Å². The molecule has 1 aromatic carbocycles. The lowest BCUT2D eigenvalue weighted by atomic mass is 10.1. The molecule has 3 rings (SSSR count). The number of hydrogen-bond donors (Lipinski definition) is 1. The highest BCUT2D eigenvalue weighted by Crippen LogP contribution is 2.21. The Morgan fingerprint density at radius 3 is 2.83 bits per heavy atom. The second kappa shape index (κ2) is 7.27. The van der Waals surface area contributed by atoms with Crippen molar-refractivity contribution in [2.45, 2.75) is 6.54 Å². The van der Waals surface area contributed by atoms with Crippen LogP contribution in [0.5, 0.6) is 0 Å². The zero-order chi connectivity index (χ0) is 16.9. The highest BCUT2D eigenvalue weighted by atomic mass is 16.5. The van der Waals surface area contributed by atoms with Gasteiger partial charge in [0.15, 0.2) is 0 Å². The molecule has 0 atom stereocenters. The molecule has 0 bridgehead atoms. The Bertz CT molecular complexity index is 727. The number of amides is 2. The van der Waals surface area contributed by atoms with Crippen molar-refractivity contribution in [3.8, 4) is 11.3 Å². The quantitative estimate of drug-likeness (QED) is 0.795. The number of hydrogen-bond acceptors (Lipinski definition) is 4. The summed E-state index contributed by atoms with van der Waals surface area (Å²) in [5, 5.41) is 7.22. The molecule has 24 heavy (non-hydrogen) atoms. The molecule has 126 valence electrons. The van der Waals surface area contributed by atoms with Gasteiger partial charge in [-0.25, -0.2) is 0 Å². The van der Waals surface area contributed by atoms with Crippen LogP contribution >= 0.6 is 0 Å². The third-order valence-electron chi connectivity index (χ3n) is 3.90. The van der Waals surface area contributed by atoms with Crippen molar-refractivity contribution in [1.29, 1.82) is 0 Å². The number of aromatic nitrogens is 2. The van der Waals surface area contributed by atoms with E-state index in [-0.39, 0.29) is 18.4 Å². The number of benzene rings is 1. The lowest BCUT2D eigenvalue weighted by Gasteiger charge is -2.26. The molecular formula is C17H20N4O3. The molecule has 1 aliphatic heterocycles. The van der Waals surface area contributed by atoms with Gasteiger partial charge in [0.25, 0.3) is 5.91 Å². The fraction of sp³-hybridized carbons (Fsp3) is 0.353. The molecule has 2 amide bonds. The molecule has 1 aliphatic rings. The van der Waals surface area contributed by atoms with Gasteiger partial charge in [-0.3, -0.25) is 14.3 Å². The standard InChI is InChI=1S/C17H20N4O3/c1-24-10-7-18-16(22)12-20-8-9-21-15(17(20)23)11-14(19-21)13-5-3-2-4-6-13/h2-6,11H,7-10,12H2,1H3,(H,18,22). The van der Waals surface area contributed by atoms with Crippen molar-refractivity contribution in [2.24, 2.45) is 0 Å². The van der Waals surface area contributed by atoms with Gasteiger partial charge in [-0.15, -0.1) is 0 Å². The maximum Gasteiger partial charge on any atom is 0.272 e. The van der Waals surface area contributed by atoms with Crippen molar-refractivity contribution >= 4 is 11.8 Å². The average Bonchev–Trinajstić information content (AvgIpc) is 3.04. The summed E-state index contributed by atoms with van der Waals surface area (Å²) in [5.41, 5.74) is 2.26. The van der Waals surface area contributed by atoms with Gasteiger partial charge in [-0.05, 0) is 6.07 Å². The molecule has 0 radical (unpaired) electrons. The summed E-state index contributed by atoms with van der Waals surface area (Å²) < 4.78 is 6.60. The zero-order valence-electron chi connectivity index (χ0n) is 13.6. The molecule has 1 N–H and O–H groups in total. The maximum absolute atomic E-state index is 12.6. The van der Waals surface area contributed by atoms with Crippen molar-refractivity contribution in [1.82, 2.24) is 20.0 Å². The predicted molar refractivity (Wildman–Crippen MR) is 88.5 cm³/mol. The van der Waals surface area contributed by atoms with Gasteiger partial charge < -0.3 is 15.0 Å². The Balaban J connectivity index is 1.69. The smallest absolute Gasteiger partial charge is 0.272 e. The van der Waals surface area contributed by atoms with E-state index in [9.17, 15) is 9.59 Å². The van der Waals surface area contributed by atoms with Crippen molar-refractivity contribution in [2.75, 3.05) is 33.4 Å². The molecular weight excluding hydrogens is 308 g/mol. The van der Waals surface area contributed by atoms with Gasteiger partial charge in [-0.2, -0.15) is 5.10 Å². The predicted octanol–water partition coefficient (Wildman–Crippen LogP) is 0.769. The fourth-order valence-corrected chi connectivity index (χ4v) is 2.66. The number of carbonyl (C=O) groups excluding carboxylic acids is 2. The highest BCUT2D eigenvalue weighted by Gasteiger charge is 2.27. The third-order valence-corrected chi connectivity index (χ3v) is 3.90. The average molecular weight is 328 g/mol. The molecule has 0 saturated heterocycles. The summed E-state index contributed by atoms with van der Waals surface area (Å²) in [6.45, 7) is 1.99. The molecule has 0 spiro atoms. The van der Waals surface area contributed by atoms with Crippen LogP contribution in [-0.2, 0) is 16.1 Å². The molecule has 1 aromatic heterocycles. The first-order chi connectivity index (χ1) is 11.7. The molecule has 0 saturated carbocycles. The first kappa shape index (κ1) is 16.2. The third kappa shape index (κ3) is 3.46. The molecule has 2 heterocycles. The SMILES string of the molecule is COCCNC(=O)CN1CCn2nc(-c3ccccc3)cc2C1=O. The molecule has 7 nitrogen and oxygen atoms in total. The molecule has 0 unspecified atom stereocenters. The minimum atomic E-state index is -0.184. The Hall–Kier alpha value is -2.67. The van der Waals surface area contributed by atoms with Gasteiger partial charge in [0.1, 0.15) is 5.69 Å². The van der Waals surface area contributed by atoms with Crippen LogP contribution in [0.2, 0.25) is 0 Å². The minimum absolute atomic E-state index is 0.0500. The van der Waals surface area contributed by atoms with E-state index < -0.39 is 0 Å². The number of nitrogens with zero attached hydrogens (tertiary/aromatic N) is 3. The summed E-state index contributed by atoms with van der Waals surface area (Å²) >= 11 is 0. The minimum Gasteiger partial charge on any atom is -0.383 e. The van der Waals surface area contributed by atoms with E-state index in [1.807, 2.05) is 30.3 Å². The van der Waals surface area contributed by atoms with Crippen LogP contribution in [0.3, 0.4) is 0 Å². The van der Waals surface area contributed by atoms with Crippen LogP contribution in [0.4, 0.5) is 0 Å². The number of carbonyl (C=O) groups is 2. The number of methoxy groups -OCH3 is 1. The summed E-state index contributed by atoms with van der Waals surface area (Å²) in [4.78, 5) is 26.0. The fourth-order valence-electron chi connectivity index (χ4n) is 2.66. The van der Waals surface area contributed by atoms with Gasteiger partial charge in [-0.1, -0.05) is 30.3 Å². The summed E-state index contributed by atoms with van der Waals surface area (Å²) in [6, 6.07) is 11.5. The van der Waals surface area contributed by atoms with E-state index in [4.69, 9.17) is 4.74 Å². The number of fused-ring (bicyclic) bond motifs is 1. The highest BCUT2D eigenvalue weighted by molar-refractivity contribution is 5.96. The first-order valence-electron chi connectivity index (χ1n) is 7.87. The maximum atomic E-state index is 12.6. The first-order valence-corrected chi connectivity index (χ1v) is 7.87. The largest absolute Gasteiger partial charge is 0.383 e. The zero-order valence-corrected chi connectivity index (χ0v) is 13.6. The van der Waals surface area contributed by atoms with E-state index >= 15 is 0 Å². The van der Waals surface area contributed by atoms with E-state index in [0.717, 1.165) is 11.3 Å². The Morgan fingerprint density at radius 2 is 2.08 bits per heavy atom. The molecule has 7 heteroatoms. The summed E-state index contributed by atoms with van der Waals surface area (Å²) in [6.07, 6.45) is 0. The molecule has 0 fully saturated rings. The van der Waals surface area contributed by atoms with Gasteiger partial charge in [0.05, 0.1) is 25.4 Å². The van der Waals surface area contributed by atoms with Crippen molar-refractivity contribution < 1.29 is 14.3 Å². The van der Waals surface area contributed by atoms with Crippen LogP contribution in [-0.4, -0.2) is 59.8 Å². The van der Waals surface area contributed by atoms with Crippen molar-refractivity contribution in [3.63, 3.8) is 0 Å². The topological polar surface area (TPSA) is 76.5 Å². The molecule has 0 aliphatic carbocycles. The number of nitrogens with one attached hydrogen (secondary N) is 1. The van der Waals surface area contributed by atoms with E-state index in [2.05, 4.69) is 10.4 Å². The van der Waals surface area contributed by atoms with Crippen LogP contribution in [0.15, 0.2) is 36.4 Å². The lowest BCUT2D eigenvalue weighted by molar-refractivity contribution is -0.122. The van der Waals surface area contributed by atoms with Crippen LogP contribution in [0, 0.1) is 0 Å². The Labute approximate surface area is 140 Å². The Kier molecular flexibility index (Phi) is 4.90. The van der Waals surface area contributed by atoms with E-state index in [1.54, 1.807) is 22.8 Å². The second-order valence-corrected chi connectivity index (χ2v) is 5.57. The number of rotatable bonds is 6. The monoisotopic (exact) mass is 328 g/mol. The Morgan fingerprint density at radius 1 is 1.29 bits per heavy atom. The lowest BCUT2D eigenvalue weighted by Crippen LogP contribution is -2.46. The number of ether oxygens (including phenoxy) is 1. The van der Waals surface area contributed by atoms with Gasteiger partial charge >= 0.3 is 0 Å². The van der Waals surface area contributed by atoms with Gasteiger partial charge in [0, 0.05) is 25.8 Å².